The number of allylic oxidation sites excluding steroid dienone is 1. The van der Waals surface area contributed by atoms with Gasteiger partial charge in [0.05, 0.1) is 6.04 Å². The molecule has 180 valence electrons. The number of thioether (sulfide) groups is 1. The Balaban J connectivity index is 2.00. The van der Waals surface area contributed by atoms with E-state index in [0.717, 1.165) is 28.0 Å². The van der Waals surface area contributed by atoms with Gasteiger partial charge in [-0.05, 0) is 47.6 Å². The molecule has 1 aliphatic carbocycles. The topological polar surface area (TPSA) is 108 Å². The zero-order chi connectivity index (χ0) is 24.7. The summed E-state index contributed by atoms with van der Waals surface area (Å²) in [6.07, 6.45) is 5.23. The number of rotatable bonds is 9. The van der Waals surface area contributed by atoms with Crippen molar-refractivity contribution in [3.63, 3.8) is 0 Å². The molecule has 7 nitrogen and oxygen atoms in total. The number of nitrogens with two attached hydrogens (primary N) is 1. The SMILES string of the molecule is CSCC[C@H](N)C(=O)NCC1=CC(c2ccccc2)Cc2c1ccc(OC(C)=O)c2OC(C)=O. The van der Waals surface area contributed by atoms with Crippen LogP contribution in [0.4, 0.5) is 0 Å². The molecule has 0 spiro atoms. The van der Waals surface area contributed by atoms with Gasteiger partial charge in [0.15, 0.2) is 11.5 Å². The average Bonchev–Trinajstić information content (AvgIpc) is 2.82. The van der Waals surface area contributed by atoms with Crippen LogP contribution in [-0.4, -0.2) is 42.4 Å². The maximum Gasteiger partial charge on any atom is 0.308 e. The molecule has 0 bridgehead atoms. The van der Waals surface area contributed by atoms with E-state index in [0.29, 0.717) is 12.8 Å². The number of ether oxygens (including phenoxy) is 2. The molecule has 0 heterocycles. The summed E-state index contributed by atoms with van der Waals surface area (Å²) >= 11 is 1.65. The normalized spacial score (nSPS) is 15.5. The van der Waals surface area contributed by atoms with Crippen LogP contribution < -0.4 is 20.5 Å². The smallest absolute Gasteiger partial charge is 0.308 e. The van der Waals surface area contributed by atoms with Crippen LogP contribution in [0.5, 0.6) is 11.5 Å². The summed E-state index contributed by atoms with van der Waals surface area (Å²) in [7, 11) is 0. The van der Waals surface area contributed by atoms with Crippen molar-refractivity contribution >= 4 is 35.2 Å². The highest BCUT2D eigenvalue weighted by Crippen LogP contribution is 2.43. The van der Waals surface area contributed by atoms with Gasteiger partial charge in [-0.2, -0.15) is 11.8 Å². The van der Waals surface area contributed by atoms with E-state index in [-0.39, 0.29) is 29.9 Å². The lowest BCUT2D eigenvalue weighted by Gasteiger charge is -2.27. The van der Waals surface area contributed by atoms with Crippen LogP contribution >= 0.6 is 11.8 Å². The number of hydrogen-bond donors (Lipinski definition) is 2. The zero-order valence-electron chi connectivity index (χ0n) is 19.6. The molecule has 0 saturated carbocycles. The van der Waals surface area contributed by atoms with Crippen LogP contribution in [0.1, 0.15) is 42.9 Å². The summed E-state index contributed by atoms with van der Waals surface area (Å²) in [6.45, 7) is 2.88. The molecule has 2 aromatic rings. The van der Waals surface area contributed by atoms with Gasteiger partial charge in [0.25, 0.3) is 0 Å². The lowest BCUT2D eigenvalue weighted by Crippen LogP contribution is -2.41. The van der Waals surface area contributed by atoms with E-state index in [1.54, 1.807) is 17.8 Å². The van der Waals surface area contributed by atoms with Crippen molar-refractivity contribution in [3.05, 3.63) is 65.2 Å². The van der Waals surface area contributed by atoms with Crippen LogP contribution in [-0.2, 0) is 20.8 Å². The zero-order valence-corrected chi connectivity index (χ0v) is 20.4. The third-order valence-electron chi connectivity index (χ3n) is 5.55. The van der Waals surface area contributed by atoms with E-state index in [9.17, 15) is 14.4 Å². The molecule has 0 radical (unpaired) electrons. The van der Waals surface area contributed by atoms with E-state index < -0.39 is 18.0 Å². The van der Waals surface area contributed by atoms with Crippen LogP contribution in [0.25, 0.3) is 5.57 Å². The summed E-state index contributed by atoms with van der Waals surface area (Å²) in [4.78, 5) is 36.1. The fraction of sp³-hybridized carbons (Fsp3) is 0.346. The average molecular weight is 483 g/mol. The molecule has 0 saturated heterocycles. The molecule has 0 fully saturated rings. The summed E-state index contributed by atoms with van der Waals surface area (Å²) in [5.41, 5.74) is 9.57. The van der Waals surface area contributed by atoms with Gasteiger partial charge >= 0.3 is 11.9 Å². The number of esters is 2. The van der Waals surface area contributed by atoms with Gasteiger partial charge < -0.3 is 20.5 Å². The molecule has 1 aliphatic rings. The van der Waals surface area contributed by atoms with Crippen molar-refractivity contribution in [3.8, 4) is 11.5 Å². The van der Waals surface area contributed by atoms with E-state index in [4.69, 9.17) is 15.2 Å². The number of hydrogen-bond acceptors (Lipinski definition) is 7. The van der Waals surface area contributed by atoms with Crippen LogP contribution in [0.2, 0.25) is 0 Å². The Labute approximate surface area is 204 Å². The molecule has 2 atom stereocenters. The van der Waals surface area contributed by atoms with E-state index >= 15 is 0 Å². The number of benzene rings is 2. The van der Waals surface area contributed by atoms with Crippen LogP contribution in [0.15, 0.2) is 48.5 Å². The summed E-state index contributed by atoms with van der Waals surface area (Å²) in [5.74, 6) is -0.0238. The van der Waals surface area contributed by atoms with Crippen LogP contribution in [0.3, 0.4) is 0 Å². The summed E-state index contributed by atoms with van der Waals surface area (Å²) < 4.78 is 10.9. The molecule has 8 heteroatoms. The predicted octanol–water partition coefficient (Wildman–Crippen LogP) is 3.46. The van der Waals surface area contributed by atoms with Gasteiger partial charge in [-0.1, -0.05) is 42.5 Å². The van der Waals surface area contributed by atoms with Crippen molar-refractivity contribution in [1.29, 1.82) is 0 Å². The monoisotopic (exact) mass is 482 g/mol. The third-order valence-corrected chi connectivity index (χ3v) is 6.19. The van der Waals surface area contributed by atoms with Gasteiger partial charge in [-0.3, -0.25) is 14.4 Å². The van der Waals surface area contributed by atoms with Crippen molar-refractivity contribution in [2.75, 3.05) is 18.6 Å². The minimum atomic E-state index is -0.580. The van der Waals surface area contributed by atoms with E-state index in [1.165, 1.54) is 13.8 Å². The highest BCUT2D eigenvalue weighted by Gasteiger charge is 2.28. The molecule has 3 rings (SSSR count). The highest BCUT2D eigenvalue weighted by molar-refractivity contribution is 7.98. The molecule has 2 aromatic carbocycles. The fourth-order valence-electron chi connectivity index (χ4n) is 3.97. The fourth-order valence-corrected chi connectivity index (χ4v) is 4.46. The van der Waals surface area contributed by atoms with E-state index in [2.05, 4.69) is 11.4 Å². The third kappa shape index (κ3) is 6.48. The molecule has 0 aromatic heterocycles. The number of amides is 1. The van der Waals surface area contributed by atoms with Gasteiger partial charge in [0.2, 0.25) is 5.91 Å². The van der Waals surface area contributed by atoms with Gasteiger partial charge in [-0.15, -0.1) is 0 Å². The Bertz CT molecular complexity index is 1080. The molecule has 3 N–H and O–H groups in total. The van der Waals surface area contributed by atoms with Gasteiger partial charge in [0.1, 0.15) is 0 Å². The second kappa shape index (κ2) is 11.9. The molecular weight excluding hydrogens is 452 g/mol. The van der Waals surface area contributed by atoms with Crippen molar-refractivity contribution in [2.24, 2.45) is 5.73 Å². The standard InChI is InChI=1S/C26H30N2O5S/c1-16(29)32-24-10-9-21-20(15-28-26(31)23(27)11-12-34-3)13-19(18-7-5-4-6-8-18)14-22(21)25(24)33-17(2)30/h4-10,13,19,23H,11-12,14-15,27H2,1-3H3,(H,28,31)/t19?,23-/m0/s1. The maximum absolute atomic E-state index is 12.5. The molecule has 1 amide bonds. The van der Waals surface area contributed by atoms with Gasteiger partial charge in [-0.25, -0.2) is 0 Å². The molecular formula is C26H30N2O5S. The predicted molar refractivity (Wildman–Crippen MR) is 134 cm³/mol. The Kier molecular flexibility index (Phi) is 8.90. The first-order valence-corrected chi connectivity index (χ1v) is 12.5. The lowest BCUT2D eigenvalue weighted by molar-refractivity contribution is -0.134. The number of nitrogens with one attached hydrogen (secondary N) is 1. The van der Waals surface area contributed by atoms with Crippen molar-refractivity contribution in [2.45, 2.75) is 38.6 Å². The quantitative estimate of drug-likeness (QED) is 0.416. The Morgan fingerprint density at radius 1 is 1.09 bits per heavy atom. The largest absolute Gasteiger partial charge is 0.423 e. The lowest BCUT2D eigenvalue weighted by atomic mass is 9.80. The second-order valence-corrected chi connectivity index (χ2v) is 9.11. The second-order valence-electron chi connectivity index (χ2n) is 8.13. The summed E-state index contributed by atoms with van der Waals surface area (Å²) in [5, 5.41) is 2.95. The number of carbonyl (C=O) groups excluding carboxylic acids is 3. The van der Waals surface area contributed by atoms with Crippen molar-refractivity contribution in [1.82, 2.24) is 5.32 Å². The van der Waals surface area contributed by atoms with Crippen LogP contribution in [0, 0.1) is 0 Å². The van der Waals surface area contributed by atoms with Gasteiger partial charge in [0, 0.05) is 31.9 Å². The first-order chi connectivity index (χ1) is 16.3. The Hall–Kier alpha value is -3.10. The Morgan fingerprint density at radius 3 is 2.44 bits per heavy atom. The van der Waals surface area contributed by atoms with Crippen molar-refractivity contribution < 1.29 is 23.9 Å². The minimum absolute atomic E-state index is 0.0207. The summed E-state index contributed by atoms with van der Waals surface area (Å²) in [6, 6.07) is 12.8. The first kappa shape index (κ1) is 25.5. The molecule has 34 heavy (non-hydrogen) atoms. The Morgan fingerprint density at radius 2 is 1.79 bits per heavy atom. The highest BCUT2D eigenvalue weighted by atomic mass is 32.2. The maximum atomic E-state index is 12.5. The minimum Gasteiger partial charge on any atom is -0.423 e. The molecule has 0 aliphatic heterocycles. The molecule has 1 unspecified atom stereocenters. The number of carbonyl (C=O) groups is 3. The number of fused-ring (bicyclic) bond motifs is 1. The van der Waals surface area contributed by atoms with E-state index in [1.807, 2.05) is 42.7 Å². The first-order valence-electron chi connectivity index (χ1n) is 11.1.